The summed E-state index contributed by atoms with van der Waals surface area (Å²) >= 11 is 0. The molecule has 0 aliphatic heterocycles. The molecule has 1 aromatic heterocycles. The van der Waals surface area contributed by atoms with Gasteiger partial charge in [0, 0.05) is 6.07 Å². The van der Waals surface area contributed by atoms with E-state index < -0.39 is 23.6 Å². The van der Waals surface area contributed by atoms with Crippen molar-refractivity contribution in [2.75, 3.05) is 12.4 Å². The minimum absolute atomic E-state index is 0.0213. The first-order valence-corrected chi connectivity index (χ1v) is 8.33. The lowest BCUT2D eigenvalue weighted by Crippen LogP contribution is -2.15. The summed E-state index contributed by atoms with van der Waals surface area (Å²) < 4.78 is 48.6. The van der Waals surface area contributed by atoms with Gasteiger partial charge in [-0.05, 0) is 42.3 Å². The summed E-state index contributed by atoms with van der Waals surface area (Å²) in [5, 5.41) is 6.13. The topological polar surface area (TPSA) is 81.4 Å². The summed E-state index contributed by atoms with van der Waals surface area (Å²) in [5.74, 6) is -1.45. The van der Waals surface area contributed by atoms with Gasteiger partial charge in [-0.15, -0.1) is 0 Å². The van der Waals surface area contributed by atoms with E-state index in [9.17, 15) is 22.8 Å². The van der Waals surface area contributed by atoms with Crippen molar-refractivity contribution in [1.82, 2.24) is 5.16 Å². The van der Waals surface area contributed by atoms with Crippen molar-refractivity contribution in [3.8, 4) is 11.1 Å². The normalized spacial score (nSPS) is 11.2. The van der Waals surface area contributed by atoms with E-state index in [-0.39, 0.29) is 22.6 Å². The first kappa shape index (κ1) is 20.1. The average Bonchev–Trinajstić information content (AvgIpc) is 3.13. The quantitative estimate of drug-likeness (QED) is 0.637. The predicted molar refractivity (Wildman–Crippen MR) is 97.4 cm³/mol. The number of halogens is 3. The van der Waals surface area contributed by atoms with Gasteiger partial charge >= 0.3 is 12.1 Å². The van der Waals surface area contributed by atoms with Crippen molar-refractivity contribution in [3.63, 3.8) is 0 Å². The van der Waals surface area contributed by atoms with Gasteiger partial charge in [0.05, 0.1) is 29.6 Å². The second-order valence-corrected chi connectivity index (χ2v) is 6.12. The summed E-state index contributed by atoms with van der Waals surface area (Å²) in [7, 11) is 1.16. The summed E-state index contributed by atoms with van der Waals surface area (Å²) in [6.07, 6.45) is -4.50. The number of nitrogens with one attached hydrogen (secondary N) is 1. The van der Waals surface area contributed by atoms with Gasteiger partial charge in [0.1, 0.15) is 0 Å². The molecule has 0 aliphatic carbocycles. The molecule has 1 heterocycles. The van der Waals surface area contributed by atoms with E-state index in [0.717, 1.165) is 19.2 Å². The highest BCUT2D eigenvalue weighted by Gasteiger charge is 2.30. The van der Waals surface area contributed by atoms with Gasteiger partial charge in [0.15, 0.2) is 0 Å². The third-order valence-electron chi connectivity index (χ3n) is 4.05. The third kappa shape index (κ3) is 4.45. The minimum atomic E-state index is -4.50. The molecule has 0 spiro atoms. The third-order valence-corrected chi connectivity index (χ3v) is 4.05. The van der Waals surface area contributed by atoms with Crippen molar-refractivity contribution in [1.29, 1.82) is 0 Å². The Morgan fingerprint density at radius 1 is 1.07 bits per heavy atom. The van der Waals surface area contributed by atoms with Crippen LogP contribution in [0.1, 0.15) is 32.2 Å². The number of rotatable bonds is 4. The number of amides is 1. The van der Waals surface area contributed by atoms with Gasteiger partial charge in [-0.1, -0.05) is 23.4 Å². The average molecular weight is 404 g/mol. The van der Waals surface area contributed by atoms with E-state index in [0.29, 0.717) is 11.3 Å². The summed E-state index contributed by atoms with van der Waals surface area (Å²) in [5.41, 5.74) is 0.397. The number of nitrogens with zero attached hydrogens (tertiary/aromatic N) is 1. The Morgan fingerprint density at radius 3 is 2.41 bits per heavy atom. The molecular formula is C20H15F3N2O4. The first-order valence-electron chi connectivity index (χ1n) is 8.33. The monoisotopic (exact) mass is 404 g/mol. The number of esters is 1. The number of hydrogen-bond donors (Lipinski definition) is 1. The fraction of sp³-hybridized carbons (Fsp3) is 0.150. The van der Waals surface area contributed by atoms with Crippen molar-refractivity contribution in [2.24, 2.45) is 0 Å². The van der Waals surface area contributed by atoms with Crippen LogP contribution in [0, 0.1) is 6.92 Å². The number of carbonyl (C=O) groups excluding carboxylic acids is 2. The van der Waals surface area contributed by atoms with Crippen LogP contribution < -0.4 is 5.32 Å². The van der Waals surface area contributed by atoms with Crippen LogP contribution in [0.4, 0.5) is 18.9 Å². The SMILES string of the molecule is COC(=O)c1cc(-c2cccc(C(F)(F)F)c2)ccc1NC(=O)c1cc(C)no1. The molecule has 0 fully saturated rings. The largest absolute Gasteiger partial charge is 0.465 e. The van der Waals surface area contributed by atoms with Crippen LogP contribution in [-0.2, 0) is 10.9 Å². The van der Waals surface area contributed by atoms with Crippen LogP contribution in [0.3, 0.4) is 0 Å². The van der Waals surface area contributed by atoms with Gasteiger partial charge in [0.2, 0.25) is 5.76 Å². The van der Waals surface area contributed by atoms with Gasteiger partial charge in [-0.25, -0.2) is 4.79 Å². The van der Waals surface area contributed by atoms with Crippen molar-refractivity contribution in [3.05, 3.63) is 71.1 Å². The summed E-state index contributed by atoms with van der Waals surface area (Å²) in [4.78, 5) is 24.5. The molecule has 1 amide bonds. The van der Waals surface area contributed by atoms with E-state index in [1.807, 2.05) is 0 Å². The number of benzene rings is 2. The highest BCUT2D eigenvalue weighted by atomic mass is 19.4. The summed E-state index contributed by atoms with van der Waals surface area (Å²) in [6.45, 7) is 1.64. The van der Waals surface area contributed by atoms with Crippen LogP contribution >= 0.6 is 0 Å². The number of aryl methyl sites for hydroxylation is 1. The van der Waals surface area contributed by atoms with Gasteiger partial charge in [-0.3, -0.25) is 4.79 Å². The van der Waals surface area contributed by atoms with Crippen molar-refractivity contribution in [2.45, 2.75) is 13.1 Å². The standard InChI is InChI=1S/C20H15F3N2O4/c1-11-8-17(29-25-11)18(26)24-16-7-6-13(10-15(16)19(27)28-2)12-4-3-5-14(9-12)20(21,22)23/h3-10H,1-2H3,(H,24,26). The van der Waals surface area contributed by atoms with Crippen LogP contribution in [-0.4, -0.2) is 24.1 Å². The number of anilines is 1. The molecule has 1 N–H and O–H groups in total. The Labute approximate surface area is 163 Å². The molecule has 2 aromatic carbocycles. The van der Waals surface area contributed by atoms with Gasteiger partial charge in [-0.2, -0.15) is 13.2 Å². The van der Waals surface area contributed by atoms with Crippen LogP contribution in [0.2, 0.25) is 0 Å². The molecule has 3 aromatic rings. The first-order chi connectivity index (χ1) is 13.7. The molecule has 6 nitrogen and oxygen atoms in total. The van der Waals surface area contributed by atoms with Gasteiger partial charge in [0.25, 0.3) is 5.91 Å². The second-order valence-electron chi connectivity index (χ2n) is 6.12. The lowest BCUT2D eigenvalue weighted by molar-refractivity contribution is -0.137. The molecule has 0 aliphatic rings. The predicted octanol–water partition coefficient (Wildman–Crippen LogP) is 4.71. The van der Waals surface area contributed by atoms with Crippen LogP contribution in [0.15, 0.2) is 53.1 Å². The van der Waals surface area contributed by atoms with Crippen molar-refractivity contribution >= 4 is 17.6 Å². The van der Waals surface area contributed by atoms with E-state index in [1.165, 1.54) is 36.4 Å². The van der Waals surface area contributed by atoms with E-state index in [4.69, 9.17) is 9.26 Å². The Bertz CT molecular complexity index is 1070. The van der Waals surface area contributed by atoms with Crippen molar-refractivity contribution < 1.29 is 32.0 Å². The molecule has 9 heteroatoms. The lowest BCUT2D eigenvalue weighted by atomic mass is 9.99. The van der Waals surface area contributed by atoms with E-state index in [2.05, 4.69) is 10.5 Å². The molecule has 0 unspecified atom stereocenters. The fourth-order valence-electron chi connectivity index (χ4n) is 2.64. The highest BCUT2D eigenvalue weighted by molar-refractivity contribution is 6.07. The molecule has 0 atom stereocenters. The van der Waals surface area contributed by atoms with E-state index in [1.54, 1.807) is 6.92 Å². The Kier molecular flexibility index (Phi) is 5.40. The molecular weight excluding hydrogens is 389 g/mol. The van der Waals surface area contributed by atoms with Crippen LogP contribution in [0.5, 0.6) is 0 Å². The fourth-order valence-corrected chi connectivity index (χ4v) is 2.64. The maximum atomic E-state index is 13.0. The van der Waals surface area contributed by atoms with Gasteiger partial charge < -0.3 is 14.6 Å². The number of hydrogen-bond acceptors (Lipinski definition) is 5. The summed E-state index contributed by atoms with van der Waals surface area (Å²) in [6, 6.07) is 10.4. The lowest BCUT2D eigenvalue weighted by Gasteiger charge is -2.12. The minimum Gasteiger partial charge on any atom is -0.465 e. The zero-order valence-electron chi connectivity index (χ0n) is 15.3. The number of ether oxygens (including phenoxy) is 1. The Balaban J connectivity index is 1.98. The number of aromatic nitrogens is 1. The molecule has 0 saturated carbocycles. The van der Waals surface area contributed by atoms with Crippen LogP contribution in [0.25, 0.3) is 11.1 Å². The maximum absolute atomic E-state index is 13.0. The number of carbonyl (C=O) groups is 2. The smallest absolute Gasteiger partial charge is 0.416 e. The molecule has 0 saturated heterocycles. The molecule has 0 bridgehead atoms. The number of methoxy groups -OCH3 is 1. The molecule has 3 rings (SSSR count). The zero-order chi connectivity index (χ0) is 21.2. The molecule has 29 heavy (non-hydrogen) atoms. The Hall–Kier alpha value is -3.62. The van der Waals surface area contributed by atoms with E-state index >= 15 is 0 Å². The Morgan fingerprint density at radius 2 is 1.79 bits per heavy atom. The second kappa shape index (κ2) is 7.78. The molecule has 150 valence electrons. The number of alkyl halides is 3. The zero-order valence-corrected chi connectivity index (χ0v) is 15.3. The highest BCUT2D eigenvalue weighted by Crippen LogP contribution is 2.33. The molecule has 0 radical (unpaired) electrons. The maximum Gasteiger partial charge on any atom is 0.416 e.